The quantitative estimate of drug-likeness (QED) is 0.789. The van der Waals surface area contributed by atoms with Gasteiger partial charge in [-0.3, -0.25) is 0 Å². The van der Waals surface area contributed by atoms with E-state index in [1.807, 2.05) is 48.6 Å². The van der Waals surface area contributed by atoms with Gasteiger partial charge in [0.05, 0.1) is 29.1 Å². The number of hydrogen-bond acceptors (Lipinski definition) is 4. The lowest BCUT2D eigenvalue weighted by atomic mass is 9.92. The summed E-state index contributed by atoms with van der Waals surface area (Å²) in [5, 5.41) is 18.5. The van der Waals surface area contributed by atoms with Crippen molar-refractivity contribution in [3.8, 4) is 12.1 Å². The molecule has 0 saturated carbocycles. The van der Waals surface area contributed by atoms with Crippen molar-refractivity contribution >= 4 is 23.1 Å². The SMILES string of the molecule is N#C[C](C#N)C1=CC2Sc3ccccc3N(c3ccccc3)C2C=C1. The maximum absolute atomic E-state index is 9.16. The average molecular weight is 340 g/mol. The summed E-state index contributed by atoms with van der Waals surface area (Å²) in [7, 11) is 0. The van der Waals surface area contributed by atoms with Crippen molar-refractivity contribution in [2.24, 2.45) is 0 Å². The second-order valence-corrected chi connectivity index (χ2v) is 7.05. The maximum atomic E-state index is 9.16. The summed E-state index contributed by atoms with van der Waals surface area (Å²) in [4.78, 5) is 3.53. The van der Waals surface area contributed by atoms with Gasteiger partial charge in [0.2, 0.25) is 5.92 Å². The monoisotopic (exact) mass is 340 g/mol. The number of benzene rings is 2. The van der Waals surface area contributed by atoms with Gasteiger partial charge in [-0.2, -0.15) is 10.5 Å². The molecule has 25 heavy (non-hydrogen) atoms. The van der Waals surface area contributed by atoms with Gasteiger partial charge in [0.25, 0.3) is 0 Å². The lowest BCUT2D eigenvalue weighted by Gasteiger charge is -2.42. The van der Waals surface area contributed by atoms with Gasteiger partial charge in [0, 0.05) is 10.6 Å². The zero-order valence-electron chi connectivity index (χ0n) is 13.3. The Morgan fingerprint density at radius 3 is 2.44 bits per heavy atom. The first kappa shape index (κ1) is 15.6. The molecule has 3 nitrogen and oxygen atoms in total. The number of anilines is 2. The van der Waals surface area contributed by atoms with Crippen molar-refractivity contribution in [2.45, 2.75) is 16.2 Å². The van der Waals surface area contributed by atoms with Gasteiger partial charge in [-0.25, -0.2) is 0 Å². The molecule has 1 radical (unpaired) electrons. The standard InChI is InChI=1S/C21H14N3S/c22-13-16(14-23)15-10-11-19-21(12-15)25-20-9-5-4-8-18(20)24(19)17-6-2-1-3-7-17/h1-12,19,21H. The molecule has 0 aromatic heterocycles. The van der Waals surface area contributed by atoms with Gasteiger partial charge in [0.1, 0.15) is 0 Å². The van der Waals surface area contributed by atoms with Crippen molar-refractivity contribution in [2.75, 3.05) is 4.90 Å². The van der Waals surface area contributed by atoms with E-state index in [2.05, 4.69) is 41.3 Å². The van der Waals surface area contributed by atoms with Crippen LogP contribution < -0.4 is 4.90 Å². The molecule has 0 N–H and O–H groups in total. The number of fused-ring (bicyclic) bond motifs is 2. The number of allylic oxidation sites excluding steroid dienone is 2. The zero-order chi connectivity index (χ0) is 17.2. The lowest BCUT2D eigenvalue weighted by Crippen LogP contribution is -2.41. The van der Waals surface area contributed by atoms with E-state index in [0.717, 1.165) is 5.69 Å². The second kappa shape index (κ2) is 6.51. The first-order valence-corrected chi connectivity index (χ1v) is 8.87. The highest BCUT2D eigenvalue weighted by atomic mass is 32.2. The maximum Gasteiger partial charge on any atom is 0.204 e. The molecule has 1 aliphatic heterocycles. The van der Waals surface area contributed by atoms with Gasteiger partial charge in [0.15, 0.2) is 0 Å². The molecule has 2 aromatic rings. The molecule has 0 saturated heterocycles. The fourth-order valence-electron chi connectivity index (χ4n) is 3.26. The fraction of sp³-hybridized carbons (Fsp3) is 0.0952. The number of nitrogens with zero attached hydrogens (tertiary/aromatic N) is 3. The smallest absolute Gasteiger partial charge is 0.204 e. The minimum Gasteiger partial charge on any atom is -0.332 e. The van der Waals surface area contributed by atoms with Gasteiger partial charge in [-0.15, -0.1) is 11.8 Å². The van der Waals surface area contributed by atoms with Gasteiger partial charge in [-0.1, -0.05) is 48.6 Å². The van der Waals surface area contributed by atoms with E-state index in [1.165, 1.54) is 10.6 Å². The summed E-state index contributed by atoms with van der Waals surface area (Å²) in [5.74, 6) is 0.167. The van der Waals surface area contributed by atoms with Crippen molar-refractivity contribution in [1.82, 2.24) is 0 Å². The van der Waals surface area contributed by atoms with Crippen LogP contribution in [0, 0.1) is 28.6 Å². The normalized spacial score (nSPS) is 20.9. The minimum absolute atomic E-state index is 0.143. The first-order valence-electron chi connectivity index (χ1n) is 7.99. The van der Waals surface area contributed by atoms with E-state index in [0.29, 0.717) is 5.57 Å². The molecule has 119 valence electrons. The topological polar surface area (TPSA) is 50.8 Å². The van der Waals surface area contributed by atoms with E-state index in [9.17, 15) is 0 Å². The molecule has 2 aromatic carbocycles. The molecular weight excluding hydrogens is 326 g/mol. The highest BCUT2D eigenvalue weighted by Gasteiger charge is 2.35. The minimum atomic E-state index is 0.143. The lowest BCUT2D eigenvalue weighted by molar-refractivity contribution is 0.773. The van der Waals surface area contributed by atoms with Crippen molar-refractivity contribution in [3.63, 3.8) is 0 Å². The van der Waals surface area contributed by atoms with Gasteiger partial charge >= 0.3 is 0 Å². The van der Waals surface area contributed by atoms with Crippen LogP contribution >= 0.6 is 11.8 Å². The third kappa shape index (κ3) is 2.71. The summed E-state index contributed by atoms with van der Waals surface area (Å²) >= 11 is 1.78. The summed E-state index contributed by atoms with van der Waals surface area (Å²) in [6.07, 6.45) is 6.04. The van der Waals surface area contributed by atoms with Crippen LogP contribution in [0.1, 0.15) is 0 Å². The summed E-state index contributed by atoms with van der Waals surface area (Å²) in [6, 6.07) is 22.8. The molecule has 0 amide bonds. The number of thioether (sulfide) groups is 1. The Labute approximate surface area is 151 Å². The number of rotatable bonds is 2. The van der Waals surface area contributed by atoms with E-state index in [1.54, 1.807) is 11.8 Å². The first-order chi connectivity index (χ1) is 12.3. The van der Waals surface area contributed by atoms with E-state index < -0.39 is 0 Å². The Morgan fingerprint density at radius 1 is 0.960 bits per heavy atom. The Bertz CT molecular complexity index is 920. The van der Waals surface area contributed by atoms with E-state index in [4.69, 9.17) is 10.5 Å². The van der Waals surface area contributed by atoms with Crippen LogP contribution in [0.2, 0.25) is 0 Å². The molecule has 4 rings (SSSR count). The van der Waals surface area contributed by atoms with Crippen LogP contribution in [0.4, 0.5) is 11.4 Å². The van der Waals surface area contributed by atoms with E-state index in [-0.39, 0.29) is 17.2 Å². The largest absolute Gasteiger partial charge is 0.332 e. The molecule has 0 bridgehead atoms. The highest BCUT2D eigenvalue weighted by Crippen LogP contribution is 2.47. The third-order valence-corrected chi connectivity index (χ3v) is 5.67. The molecule has 0 fully saturated rings. The van der Waals surface area contributed by atoms with Crippen LogP contribution in [0.3, 0.4) is 0 Å². The molecular formula is C21H14N3S. The predicted molar refractivity (Wildman–Crippen MR) is 100 cm³/mol. The van der Waals surface area contributed by atoms with Gasteiger partial charge in [-0.05, 0) is 29.8 Å². The van der Waals surface area contributed by atoms with Crippen molar-refractivity contribution in [3.05, 3.63) is 84.3 Å². The molecule has 4 heteroatoms. The predicted octanol–water partition coefficient (Wildman–Crippen LogP) is 4.79. The number of para-hydroxylation sites is 2. The molecule has 2 atom stereocenters. The van der Waals surface area contributed by atoms with Crippen LogP contribution in [-0.2, 0) is 0 Å². The zero-order valence-corrected chi connectivity index (χ0v) is 14.1. The summed E-state index contributed by atoms with van der Waals surface area (Å²) in [6.45, 7) is 0. The average Bonchev–Trinajstić information content (AvgIpc) is 2.67. The summed E-state index contributed by atoms with van der Waals surface area (Å²) in [5.41, 5.74) is 3.04. The Balaban J connectivity index is 1.80. The Kier molecular flexibility index (Phi) is 4.06. The Morgan fingerprint density at radius 2 is 1.68 bits per heavy atom. The number of hydrogen-bond donors (Lipinski definition) is 0. The van der Waals surface area contributed by atoms with Crippen LogP contribution in [0.5, 0.6) is 0 Å². The molecule has 1 heterocycles. The van der Waals surface area contributed by atoms with E-state index >= 15 is 0 Å². The second-order valence-electron chi connectivity index (χ2n) is 5.83. The molecule has 2 aliphatic rings. The fourth-order valence-corrected chi connectivity index (χ4v) is 4.57. The van der Waals surface area contributed by atoms with Crippen molar-refractivity contribution < 1.29 is 0 Å². The van der Waals surface area contributed by atoms with Crippen LogP contribution in [0.15, 0.2) is 83.3 Å². The molecule has 0 spiro atoms. The van der Waals surface area contributed by atoms with Gasteiger partial charge < -0.3 is 4.90 Å². The van der Waals surface area contributed by atoms with Crippen LogP contribution in [-0.4, -0.2) is 11.3 Å². The molecule has 1 aliphatic carbocycles. The summed E-state index contributed by atoms with van der Waals surface area (Å²) < 4.78 is 0. The van der Waals surface area contributed by atoms with Crippen molar-refractivity contribution in [1.29, 1.82) is 10.5 Å². The van der Waals surface area contributed by atoms with Crippen LogP contribution in [0.25, 0.3) is 0 Å². The third-order valence-electron chi connectivity index (χ3n) is 4.39. The highest BCUT2D eigenvalue weighted by molar-refractivity contribution is 8.00. The number of nitriles is 2. The Hall–Kier alpha value is -2.95. The molecule has 2 unspecified atom stereocenters.